The smallest absolute Gasteiger partial charge is 0.134 e. The highest BCUT2D eigenvalue weighted by atomic mass is 16.3. The molecule has 3 nitrogen and oxygen atoms in total. The first-order chi connectivity index (χ1) is 7.47. The highest BCUT2D eigenvalue weighted by Gasteiger charge is 2.26. The number of aliphatic hydroxyl groups is 1. The molecule has 0 saturated heterocycles. The number of amidine groups is 1. The van der Waals surface area contributed by atoms with E-state index in [0.717, 1.165) is 19.4 Å². The predicted molar refractivity (Wildman–Crippen MR) is 70.6 cm³/mol. The Kier molecular flexibility index (Phi) is 6.74. The normalized spacial score (nSPS) is 15.4. The van der Waals surface area contributed by atoms with Gasteiger partial charge in [0, 0.05) is 6.54 Å². The Bertz CT molecular complexity index is 267. The summed E-state index contributed by atoms with van der Waals surface area (Å²) in [5.41, 5.74) is -0.356. The first kappa shape index (κ1) is 14.9. The van der Waals surface area contributed by atoms with Gasteiger partial charge in [-0.25, -0.2) is 4.99 Å². The minimum Gasteiger partial charge on any atom is -0.382 e. The second kappa shape index (κ2) is 7.23. The standard InChI is InChI=1S/C13H24N2O/c1-6-9-10-13(5,16)12(14-8-3)15-11(4)7-2/h7,16H,2,4,6,8-10H2,1,3,5H3,(H,14,15). The van der Waals surface area contributed by atoms with Gasteiger partial charge in [0.15, 0.2) is 0 Å². The number of likely N-dealkylation sites (N-methyl/N-ethyl adjacent to an activating group) is 1. The molecule has 1 atom stereocenters. The predicted octanol–water partition coefficient (Wildman–Crippen LogP) is 2.64. The molecule has 0 aliphatic heterocycles. The Morgan fingerprint density at radius 3 is 2.56 bits per heavy atom. The summed E-state index contributed by atoms with van der Waals surface area (Å²) >= 11 is 0. The quantitative estimate of drug-likeness (QED) is 0.397. The van der Waals surface area contributed by atoms with E-state index < -0.39 is 5.60 Å². The van der Waals surface area contributed by atoms with Crippen LogP contribution in [0.2, 0.25) is 0 Å². The van der Waals surface area contributed by atoms with E-state index in [1.807, 2.05) is 6.92 Å². The number of unbranched alkanes of at least 4 members (excludes halogenated alkanes) is 1. The van der Waals surface area contributed by atoms with E-state index in [1.54, 1.807) is 13.0 Å². The van der Waals surface area contributed by atoms with E-state index in [0.29, 0.717) is 18.0 Å². The molecule has 0 saturated carbocycles. The van der Waals surface area contributed by atoms with Crippen molar-refractivity contribution in [3.63, 3.8) is 0 Å². The van der Waals surface area contributed by atoms with E-state index in [9.17, 15) is 5.11 Å². The maximum absolute atomic E-state index is 10.3. The molecule has 16 heavy (non-hydrogen) atoms. The van der Waals surface area contributed by atoms with Crippen LogP contribution in [0.5, 0.6) is 0 Å². The van der Waals surface area contributed by atoms with Crippen molar-refractivity contribution in [1.82, 2.24) is 5.32 Å². The SMILES string of the molecule is C=CC(=C)/N=C(\NCC)C(C)(O)CCCC. The molecule has 0 radical (unpaired) electrons. The topological polar surface area (TPSA) is 44.6 Å². The van der Waals surface area contributed by atoms with Crippen LogP contribution in [0.25, 0.3) is 0 Å². The number of nitrogens with one attached hydrogen (secondary N) is 1. The van der Waals surface area contributed by atoms with E-state index >= 15 is 0 Å². The third-order valence-corrected chi connectivity index (χ3v) is 2.36. The molecule has 92 valence electrons. The molecular formula is C13H24N2O. The molecule has 0 rings (SSSR count). The van der Waals surface area contributed by atoms with E-state index in [4.69, 9.17) is 0 Å². The third-order valence-electron chi connectivity index (χ3n) is 2.36. The van der Waals surface area contributed by atoms with Crippen molar-refractivity contribution in [1.29, 1.82) is 0 Å². The minimum atomic E-state index is -0.919. The second-order valence-electron chi connectivity index (χ2n) is 4.06. The van der Waals surface area contributed by atoms with Gasteiger partial charge in [0.2, 0.25) is 0 Å². The van der Waals surface area contributed by atoms with Crippen molar-refractivity contribution >= 4 is 5.84 Å². The van der Waals surface area contributed by atoms with Crippen LogP contribution in [-0.2, 0) is 0 Å². The van der Waals surface area contributed by atoms with Gasteiger partial charge < -0.3 is 10.4 Å². The number of allylic oxidation sites excluding steroid dienone is 1. The van der Waals surface area contributed by atoms with Crippen LogP contribution >= 0.6 is 0 Å². The molecule has 0 aliphatic carbocycles. The number of rotatable bonds is 7. The molecule has 0 aliphatic rings. The van der Waals surface area contributed by atoms with Crippen LogP contribution in [0.4, 0.5) is 0 Å². The third kappa shape index (κ3) is 5.12. The zero-order chi connectivity index (χ0) is 12.6. The van der Waals surface area contributed by atoms with Gasteiger partial charge in [0.25, 0.3) is 0 Å². The second-order valence-corrected chi connectivity index (χ2v) is 4.06. The lowest BCUT2D eigenvalue weighted by Gasteiger charge is -2.26. The van der Waals surface area contributed by atoms with Crippen LogP contribution in [0.15, 0.2) is 29.9 Å². The molecule has 0 amide bonds. The van der Waals surface area contributed by atoms with Crippen LogP contribution < -0.4 is 5.32 Å². The van der Waals surface area contributed by atoms with Crippen LogP contribution in [0, 0.1) is 0 Å². The van der Waals surface area contributed by atoms with Gasteiger partial charge in [-0.2, -0.15) is 0 Å². The lowest BCUT2D eigenvalue weighted by atomic mass is 9.97. The molecule has 0 spiro atoms. The fourth-order valence-electron chi connectivity index (χ4n) is 1.35. The average Bonchev–Trinajstić information content (AvgIpc) is 2.25. The van der Waals surface area contributed by atoms with Crippen molar-refractivity contribution in [2.75, 3.05) is 6.54 Å². The maximum Gasteiger partial charge on any atom is 0.134 e. The molecule has 0 heterocycles. The molecule has 2 N–H and O–H groups in total. The summed E-state index contributed by atoms with van der Waals surface area (Å²) < 4.78 is 0. The lowest BCUT2D eigenvalue weighted by molar-refractivity contribution is 0.116. The van der Waals surface area contributed by atoms with Gasteiger partial charge in [-0.3, -0.25) is 0 Å². The summed E-state index contributed by atoms with van der Waals surface area (Å²) in [6, 6.07) is 0. The molecule has 0 aromatic carbocycles. The summed E-state index contributed by atoms with van der Waals surface area (Å²) in [5, 5.41) is 13.4. The van der Waals surface area contributed by atoms with Crippen molar-refractivity contribution in [2.24, 2.45) is 4.99 Å². The number of nitrogens with zero attached hydrogens (tertiary/aromatic N) is 1. The highest BCUT2D eigenvalue weighted by molar-refractivity contribution is 5.90. The average molecular weight is 224 g/mol. The van der Waals surface area contributed by atoms with Gasteiger partial charge >= 0.3 is 0 Å². The minimum absolute atomic E-state index is 0.563. The fraction of sp³-hybridized carbons (Fsp3) is 0.615. The first-order valence-electron chi connectivity index (χ1n) is 5.84. The zero-order valence-corrected chi connectivity index (χ0v) is 10.7. The summed E-state index contributed by atoms with van der Waals surface area (Å²) in [6.45, 7) is 13.9. The Morgan fingerprint density at radius 2 is 2.12 bits per heavy atom. The van der Waals surface area contributed by atoms with E-state index in [-0.39, 0.29) is 0 Å². The van der Waals surface area contributed by atoms with Gasteiger partial charge in [-0.1, -0.05) is 32.9 Å². The molecule has 0 aromatic rings. The highest BCUT2D eigenvalue weighted by Crippen LogP contribution is 2.16. The van der Waals surface area contributed by atoms with Crippen molar-refractivity contribution in [3.05, 3.63) is 24.9 Å². The summed E-state index contributed by atoms with van der Waals surface area (Å²) in [7, 11) is 0. The van der Waals surface area contributed by atoms with E-state index in [2.05, 4.69) is 30.4 Å². The van der Waals surface area contributed by atoms with Crippen LogP contribution in [0.3, 0.4) is 0 Å². The Labute approximate surface area is 99.0 Å². The van der Waals surface area contributed by atoms with Crippen molar-refractivity contribution < 1.29 is 5.11 Å². The van der Waals surface area contributed by atoms with Gasteiger partial charge in [0.05, 0.1) is 5.70 Å². The van der Waals surface area contributed by atoms with Gasteiger partial charge in [0.1, 0.15) is 11.4 Å². The van der Waals surface area contributed by atoms with Gasteiger partial charge in [-0.15, -0.1) is 0 Å². The molecular weight excluding hydrogens is 200 g/mol. The van der Waals surface area contributed by atoms with Crippen molar-refractivity contribution in [3.8, 4) is 0 Å². The van der Waals surface area contributed by atoms with Crippen LogP contribution in [0.1, 0.15) is 40.0 Å². The summed E-state index contributed by atoms with van der Waals surface area (Å²) in [6.07, 6.45) is 4.29. The molecule has 0 bridgehead atoms. The zero-order valence-electron chi connectivity index (χ0n) is 10.7. The van der Waals surface area contributed by atoms with Gasteiger partial charge in [-0.05, 0) is 26.3 Å². The largest absolute Gasteiger partial charge is 0.382 e. The fourth-order valence-corrected chi connectivity index (χ4v) is 1.35. The molecule has 1 unspecified atom stereocenters. The number of hydrogen-bond donors (Lipinski definition) is 2. The maximum atomic E-state index is 10.3. The molecule has 3 heteroatoms. The number of aliphatic imine (C=N–C) groups is 1. The van der Waals surface area contributed by atoms with E-state index in [1.165, 1.54) is 0 Å². The molecule has 0 aromatic heterocycles. The van der Waals surface area contributed by atoms with Crippen molar-refractivity contribution in [2.45, 2.75) is 45.6 Å². The monoisotopic (exact) mass is 224 g/mol. The Morgan fingerprint density at radius 1 is 1.50 bits per heavy atom. The summed E-state index contributed by atoms with van der Waals surface area (Å²) in [5.74, 6) is 0.577. The van der Waals surface area contributed by atoms with Crippen LogP contribution in [-0.4, -0.2) is 23.1 Å². The number of hydrogen-bond acceptors (Lipinski definition) is 2. The first-order valence-corrected chi connectivity index (χ1v) is 5.84. The Hall–Kier alpha value is -1.09. The summed E-state index contributed by atoms with van der Waals surface area (Å²) in [4.78, 5) is 4.25. The molecule has 0 fully saturated rings. The lowest BCUT2D eigenvalue weighted by Crippen LogP contribution is -2.44. The Balaban J connectivity index is 4.80.